The summed E-state index contributed by atoms with van der Waals surface area (Å²) >= 11 is 1.16. The first kappa shape index (κ1) is 22.8. The number of nitrogens with zero attached hydrogens (tertiary/aromatic N) is 1. The molecule has 0 saturated carbocycles. The molecule has 1 amide bonds. The van der Waals surface area contributed by atoms with Crippen LogP contribution in [0.5, 0.6) is 11.5 Å². The van der Waals surface area contributed by atoms with Crippen molar-refractivity contribution in [2.75, 3.05) is 19.9 Å². The minimum absolute atomic E-state index is 0.0792. The third-order valence-electron chi connectivity index (χ3n) is 6.03. The van der Waals surface area contributed by atoms with Crippen LogP contribution in [0.4, 0.5) is 4.39 Å². The number of piperidine rings is 1. The average Bonchev–Trinajstić information content (AvgIpc) is 3.53. The van der Waals surface area contributed by atoms with E-state index in [9.17, 15) is 17.6 Å². The van der Waals surface area contributed by atoms with Gasteiger partial charge in [0.2, 0.25) is 12.7 Å². The van der Waals surface area contributed by atoms with Gasteiger partial charge in [-0.05, 0) is 60.4 Å². The molecule has 5 rings (SSSR count). The van der Waals surface area contributed by atoms with E-state index in [1.165, 1.54) is 16.4 Å². The maximum absolute atomic E-state index is 13.2. The van der Waals surface area contributed by atoms with Gasteiger partial charge in [-0.2, -0.15) is 4.31 Å². The molecule has 0 bridgehead atoms. The van der Waals surface area contributed by atoms with Gasteiger partial charge in [0.1, 0.15) is 10.0 Å². The molecule has 2 aliphatic rings. The summed E-state index contributed by atoms with van der Waals surface area (Å²) in [6.45, 7) is 1.14. The van der Waals surface area contributed by atoms with Crippen LogP contribution >= 0.6 is 11.3 Å². The number of sulfonamides is 1. The molecule has 34 heavy (non-hydrogen) atoms. The Kier molecular flexibility index (Phi) is 6.28. The molecular weight excluding hydrogens is 479 g/mol. The van der Waals surface area contributed by atoms with E-state index in [4.69, 9.17) is 9.47 Å². The minimum Gasteiger partial charge on any atom is -0.454 e. The fraction of sp³-hybridized carbons (Fsp3) is 0.292. The molecule has 10 heteroatoms. The zero-order valence-corrected chi connectivity index (χ0v) is 19.8. The maximum atomic E-state index is 13.2. The van der Waals surface area contributed by atoms with Gasteiger partial charge in [-0.25, -0.2) is 12.8 Å². The van der Waals surface area contributed by atoms with E-state index in [1.807, 2.05) is 18.2 Å². The van der Waals surface area contributed by atoms with Gasteiger partial charge in [-0.1, -0.05) is 18.2 Å². The molecule has 1 aromatic heterocycles. The maximum Gasteiger partial charge on any atom is 0.252 e. The fourth-order valence-electron chi connectivity index (χ4n) is 4.10. The second kappa shape index (κ2) is 9.36. The quantitative estimate of drug-likeness (QED) is 0.551. The predicted molar refractivity (Wildman–Crippen MR) is 126 cm³/mol. The summed E-state index contributed by atoms with van der Waals surface area (Å²) < 4.78 is 51.8. The summed E-state index contributed by atoms with van der Waals surface area (Å²) in [6, 6.07) is 14.8. The van der Waals surface area contributed by atoms with Gasteiger partial charge in [0, 0.05) is 30.4 Å². The Hall–Kier alpha value is -2.95. The summed E-state index contributed by atoms with van der Waals surface area (Å²) in [5.74, 6) is 0.708. The highest BCUT2D eigenvalue weighted by Gasteiger charge is 2.33. The molecule has 0 aliphatic carbocycles. The molecule has 7 nitrogen and oxygen atoms in total. The lowest BCUT2D eigenvalue weighted by Gasteiger charge is -2.30. The van der Waals surface area contributed by atoms with Gasteiger partial charge in [0.05, 0.1) is 0 Å². The molecule has 2 aromatic carbocycles. The summed E-state index contributed by atoms with van der Waals surface area (Å²) in [4.78, 5) is 13.4. The number of halogens is 1. The average molecular weight is 503 g/mol. The Morgan fingerprint density at radius 2 is 1.76 bits per heavy atom. The number of fused-ring (bicyclic) bond motifs is 1. The predicted octanol–water partition coefficient (Wildman–Crippen LogP) is 4.00. The number of hydrogen-bond acceptors (Lipinski definition) is 6. The largest absolute Gasteiger partial charge is 0.454 e. The number of benzene rings is 2. The molecular formula is C24H23FN2O5S2. The number of carbonyl (C=O) groups excluding carboxylic acids is 1. The minimum atomic E-state index is -3.65. The van der Waals surface area contributed by atoms with Gasteiger partial charge in [-0.3, -0.25) is 4.79 Å². The summed E-state index contributed by atoms with van der Waals surface area (Å²) in [7, 11) is -3.65. The molecule has 0 radical (unpaired) electrons. The van der Waals surface area contributed by atoms with Gasteiger partial charge < -0.3 is 14.8 Å². The first-order chi connectivity index (χ1) is 16.4. The Morgan fingerprint density at radius 1 is 1.03 bits per heavy atom. The molecule has 0 spiro atoms. The van der Waals surface area contributed by atoms with Crippen molar-refractivity contribution in [3.05, 3.63) is 66.0 Å². The topological polar surface area (TPSA) is 84.9 Å². The number of nitrogens with one attached hydrogen (secondary N) is 1. The smallest absolute Gasteiger partial charge is 0.252 e. The zero-order chi connectivity index (χ0) is 23.7. The highest BCUT2D eigenvalue weighted by atomic mass is 32.2. The van der Waals surface area contributed by atoms with Gasteiger partial charge in [-0.15, -0.1) is 11.3 Å². The zero-order valence-electron chi connectivity index (χ0n) is 18.2. The van der Waals surface area contributed by atoms with E-state index in [0.717, 1.165) is 27.3 Å². The fourth-order valence-corrected chi connectivity index (χ4v) is 7.03. The van der Waals surface area contributed by atoms with E-state index in [0.29, 0.717) is 30.9 Å². The molecule has 3 aromatic rings. The van der Waals surface area contributed by atoms with E-state index in [-0.39, 0.29) is 41.7 Å². The van der Waals surface area contributed by atoms with Crippen molar-refractivity contribution in [1.29, 1.82) is 0 Å². The van der Waals surface area contributed by atoms with E-state index < -0.39 is 10.0 Å². The van der Waals surface area contributed by atoms with Crippen molar-refractivity contribution < 1.29 is 27.1 Å². The number of ether oxygens (including phenoxy) is 2. The lowest BCUT2D eigenvalue weighted by atomic mass is 9.97. The SMILES string of the molecule is O=C(NCc1ccc2c(c1)OCO2)C1CCN(S(=O)(=O)c2ccc(-c3ccc(F)cc3)s2)CC1. The lowest BCUT2D eigenvalue weighted by molar-refractivity contribution is -0.126. The highest BCUT2D eigenvalue weighted by molar-refractivity contribution is 7.91. The number of amides is 1. The third-order valence-corrected chi connectivity index (χ3v) is 9.53. The number of rotatable bonds is 6. The van der Waals surface area contributed by atoms with Crippen LogP contribution in [0.25, 0.3) is 10.4 Å². The van der Waals surface area contributed by atoms with Crippen LogP contribution in [-0.2, 0) is 21.4 Å². The first-order valence-electron chi connectivity index (χ1n) is 10.9. The number of carbonyl (C=O) groups is 1. The molecule has 3 heterocycles. The molecule has 0 unspecified atom stereocenters. The van der Waals surface area contributed by atoms with Crippen LogP contribution in [0.15, 0.2) is 58.8 Å². The highest BCUT2D eigenvalue weighted by Crippen LogP contribution is 2.34. The molecule has 2 aliphatic heterocycles. The second-order valence-electron chi connectivity index (χ2n) is 8.21. The third kappa shape index (κ3) is 4.66. The summed E-state index contributed by atoms with van der Waals surface area (Å²) in [6.07, 6.45) is 0.921. The van der Waals surface area contributed by atoms with Crippen LogP contribution in [-0.4, -0.2) is 38.5 Å². The molecule has 1 N–H and O–H groups in total. The van der Waals surface area contributed by atoms with Crippen LogP contribution in [0, 0.1) is 11.7 Å². The monoisotopic (exact) mass is 502 g/mol. The van der Waals surface area contributed by atoms with Crippen molar-refractivity contribution in [3.63, 3.8) is 0 Å². The van der Waals surface area contributed by atoms with Crippen molar-refractivity contribution in [2.45, 2.75) is 23.6 Å². The standard InChI is InChI=1S/C24H23FN2O5S2/c25-19-4-2-17(3-5-19)22-7-8-23(33-22)34(29,30)27-11-9-18(10-12-27)24(28)26-14-16-1-6-20-21(13-16)32-15-31-20/h1-8,13,18H,9-12,14-15H2,(H,26,28). The molecule has 1 fully saturated rings. The van der Waals surface area contributed by atoms with Crippen molar-refractivity contribution >= 4 is 27.3 Å². The van der Waals surface area contributed by atoms with Crippen LogP contribution in [0.2, 0.25) is 0 Å². The summed E-state index contributed by atoms with van der Waals surface area (Å²) in [5, 5.41) is 2.94. The van der Waals surface area contributed by atoms with Crippen molar-refractivity contribution in [2.24, 2.45) is 5.92 Å². The van der Waals surface area contributed by atoms with Crippen LogP contribution < -0.4 is 14.8 Å². The van der Waals surface area contributed by atoms with Gasteiger partial charge in [0.15, 0.2) is 11.5 Å². The number of thiophene rings is 1. The normalized spacial score (nSPS) is 16.5. The van der Waals surface area contributed by atoms with Crippen LogP contribution in [0.3, 0.4) is 0 Å². The van der Waals surface area contributed by atoms with Crippen LogP contribution in [0.1, 0.15) is 18.4 Å². The van der Waals surface area contributed by atoms with Gasteiger partial charge >= 0.3 is 0 Å². The Balaban J connectivity index is 1.16. The van der Waals surface area contributed by atoms with E-state index in [2.05, 4.69) is 5.32 Å². The molecule has 0 atom stereocenters. The Bertz CT molecular complexity index is 1300. The van der Waals surface area contributed by atoms with E-state index in [1.54, 1.807) is 24.3 Å². The first-order valence-corrected chi connectivity index (χ1v) is 13.2. The Morgan fingerprint density at radius 3 is 2.53 bits per heavy atom. The summed E-state index contributed by atoms with van der Waals surface area (Å²) in [5.41, 5.74) is 1.68. The van der Waals surface area contributed by atoms with Crippen molar-refractivity contribution in [1.82, 2.24) is 9.62 Å². The second-order valence-corrected chi connectivity index (χ2v) is 11.5. The molecule has 178 valence electrons. The lowest BCUT2D eigenvalue weighted by Crippen LogP contribution is -2.42. The molecule has 1 saturated heterocycles. The van der Waals surface area contributed by atoms with Crippen molar-refractivity contribution in [3.8, 4) is 21.9 Å². The van der Waals surface area contributed by atoms with Gasteiger partial charge in [0.25, 0.3) is 10.0 Å². The Labute approximate surface area is 201 Å². The van der Waals surface area contributed by atoms with E-state index >= 15 is 0 Å². The number of hydrogen-bond donors (Lipinski definition) is 1.